The summed E-state index contributed by atoms with van der Waals surface area (Å²) in [6.07, 6.45) is 5.68. The van der Waals surface area contributed by atoms with Crippen molar-refractivity contribution in [3.63, 3.8) is 0 Å². The first-order valence-electron chi connectivity index (χ1n) is 5.72. The Morgan fingerprint density at radius 1 is 1.15 bits per heavy atom. The van der Waals surface area contributed by atoms with E-state index in [0.29, 0.717) is 0 Å². The van der Waals surface area contributed by atoms with Gasteiger partial charge in [0.2, 0.25) is 0 Å². The Kier molecular flexibility index (Phi) is 5.83. The van der Waals surface area contributed by atoms with Crippen LogP contribution < -0.4 is 4.27 Å². The van der Waals surface area contributed by atoms with E-state index < -0.39 is 12.3 Å². The van der Waals surface area contributed by atoms with Crippen molar-refractivity contribution in [2.24, 2.45) is 0 Å². The van der Waals surface area contributed by atoms with Gasteiger partial charge in [-0.25, -0.2) is 0 Å². The Morgan fingerprint density at radius 3 is 2.15 bits per heavy atom. The van der Waals surface area contributed by atoms with Crippen molar-refractivity contribution in [3.05, 3.63) is 0 Å². The third-order valence-electron chi connectivity index (χ3n) is 2.80. The molecular weight excluding hydrogens is 239 g/mol. The molecular formula is C10H23GeNS. The maximum atomic E-state index is 3.89. The van der Waals surface area contributed by atoms with E-state index >= 15 is 0 Å². The molecule has 1 saturated heterocycles. The Balaban J connectivity index is 2.33. The summed E-state index contributed by atoms with van der Waals surface area (Å²) < 4.78 is 3.89. The van der Waals surface area contributed by atoms with Crippen molar-refractivity contribution < 1.29 is 0 Å². The molecule has 0 radical (unpaired) electrons. The minimum absolute atomic E-state index is 1.30. The molecule has 1 nitrogen and oxygen atoms in total. The van der Waals surface area contributed by atoms with Crippen molar-refractivity contribution in [1.82, 2.24) is 4.27 Å². The van der Waals surface area contributed by atoms with Crippen molar-refractivity contribution >= 4 is 22.4 Å². The second-order valence-corrected chi connectivity index (χ2v) is 17.6. The van der Waals surface area contributed by atoms with Gasteiger partial charge in [0.25, 0.3) is 0 Å². The van der Waals surface area contributed by atoms with Crippen molar-refractivity contribution in [3.8, 4) is 0 Å². The SMILES string of the molecule is CCC[CH2][Ge]1([CH2]CCC)[NH]CC[S]1. The molecule has 1 aliphatic rings. The zero-order chi connectivity index (χ0) is 9.57. The van der Waals surface area contributed by atoms with Crippen LogP contribution in [0, 0.1) is 0 Å². The Bertz CT molecular complexity index is 125. The molecule has 0 aromatic carbocycles. The number of hydrogen-bond acceptors (Lipinski definition) is 2. The van der Waals surface area contributed by atoms with Gasteiger partial charge in [0.1, 0.15) is 0 Å². The van der Waals surface area contributed by atoms with E-state index in [9.17, 15) is 0 Å². The van der Waals surface area contributed by atoms with Crippen LogP contribution in [0.15, 0.2) is 0 Å². The standard InChI is InChI=1S/C10H23GeNS/c1-3-5-7-11(8-6-4-2)12-9-10-13-11/h12H,3-10H2,1-2H3. The fourth-order valence-corrected chi connectivity index (χ4v) is 17.3. The topological polar surface area (TPSA) is 12.0 Å². The van der Waals surface area contributed by atoms with Gasteiger partial charge in [-0.3, -0.25) is 0 Å². The Labute approximate surface area is 89.0 Å². The van der Waals surface area contributed by atoms with Gasteiger partial charge in [-0.15, -0.1) is 0 Å². The van der Waals surface area contributed by atoms with Gasteiger partial charge in [-0.1, -0.05) is 0 Å². The maximum absolute atomic E-state index is 3.89. The summed E-state index contributed by atoms with van der Waals surface area (Å²) in [5.41, 5.74) is 0. The summed E-state index contributed by atoms with van der Waals surface area (Å²) in [6.45, 7) is 5.93. The first kappa shape index (κ1) is 11.9. The van der Waals surface area contributed by atoms with Gasteiger partial charge in [0.15, 0.2) is 0 Å². The Hall–Kier alpha value is 0.853. The van der Waals surface area contributed by atoms with E-state index in [-0.39, 0.29) is 0 Å². The van der Waals surface area contributed by atoms with Crippen molar-refractivity contribution in [2.75, 3.05) is 12.3 Å². The number of nitrogens with one attached hydrogen (secondary N) is 1. The first-order valence-corrected chi connectivity index (χ1v) is 13.3. The van der Waals surface area contributed by atoms with E-state index in [1.54, 1.807) is 10.5 Å². The third-order valence-corrected chi connectivity index (χ3v) is 18.1. The zero-order valence-electron chi connectivity index (χ0n) is 9.07. The van der Waals surface area contributed by atoms with Crippen molar-refractivity contribution in [2.45, 2.75) is 50.0 Å². The van der Waals surface area contributed by atoms with E-state index in [1.165, 1.54) is 38.0 Å². The van der Waals surface area contributed by atoms with Gasteiger partial charge in [0, 0.05) is 0 Å². The van der Waals surface area contributed by atoms with Crippen LogP contribution in [0.25, 0.3) is 0 Å². The van der Waals surface area contributed by atoms with Crippen molar-refractivity contribution in [1.29, 1.82) is 0 Å². The zero-order valence-corrected chi connectivity index (χ0v) is 12.0. The van der Waals surface area contributed by atoms with Crippen LogP contribution in [0.4, 0.5) is 0 Å². The molecule has 0 aromatic heterocycles. The predicted molar refractivity (Wildman–Crippen MR) is 65.6 cm³/mol. The number of unbranched alkanes of at least 4 members (excludes halogenated alkanes) is 2. The van der Waals surface area contributed by atoms with E-state index in [4.69, 9.17) is 0 Å². The van der Waals surface area contributed by atoms with Gasteiger partial charge in [-0.05, 0) is 0 Å². The molecule has 1 aliphatic heterocycles. The van der Waals surface area contributed by atoms with Crippen LogP contribution in [0.3, 0.4) is 0 Å². The number of rotatable bonds is 6. The molecule has 3 heteroatoms. The molecule has 0 spiro atoms. The summed E-state index contributed by atoms with van der Waals surface area (Å²) in [6, 6.07) is 0. The average molecular weight is 262 g/mol. The molecule has 0 saturated carbocycles. The molecule has 1 N–H and O–H groups in total. The molecule has 78 valence electrons. The van der Waals surface area contributed by atoms with Crippen LogP contribution in [0.2, 0.25) is 10.5 Å². The molecule has 0 unspecified atom stereocenters. The van der Waals surface area contributed by atoms with Gasteiger partial charge in [0.05, 0.1) is 0 Å². The quantitative estimate of drug-likeness (QED) is 0.736. The fourth-order valence-electron chi connectivity index (χ4n) is 1.95. The summed E-state index contributed by atoms with van der Waals surface area (Å²) >= 11 is -1.52. The van der Waals surface area contributed by atoms with Gasteiger partial charge >= 0.3 is 89.0 Å². The van der Waals surface area contributed by atoms with E-state index in [2.05, 4.69) is 28.2 Å². The van der Waals surface area contributed by atoms with Crippen LogP contribution in [-0.4, -0.2) is 24.6 Å². The van der Waals surface area contributed by atoms with Crippen LogP contribution >= 0.6 is 10.1 Å². The second kappa shape index (κ2) is 6.36. The monoisotopic (exact) mass is 263 g/mol. The molecule has 1 fully saturated rings. The molecule has 1 rings (SSSR count). The summed E-state index contributed by atoms with van der Waals surface area (Å²) in [7, 11) is 2.35. The van der Waals surface area contributed by atoms with Crippen LogP contribution in [0.1, 0.15) is 39.5 Å². The van der Waals surface area contributed by atoms with Gasteiger partial charge in [-0.2, -0.15) is 0 Å². The summed E-state index contributed by atoms with van der Waals surface area (Å²) in [5, 5.41) is 3.11. The number of hydrogen-bond donors (Lipinski definition) is 1. The first-order chi connectivity index (χ1) is 6.33. The normalized spacial score (nSPS) is 20.8. The fraction of sp³-hybridized carbons (Fsp3) is 1.00. The van der Waals surface area contributed by atoms with E-state index in [1.807, 2.05) is 0 Å². The summed E-state index contributed by atoms with van der Waals surface area (Å²) in [4.78, 5) is 0. The third kappa shape index (κ3) is 3.84. The minimum atomic E-state index is -1.52. The second-order valence-electron chi connectivity index (χ2n) is 3.98. The molecule has 0 atom stereocenters. The molecule has 0 amide bonds. The van der Waals surface area contributed by atoms with E-state index in [0.717, 1.165) is 0 Å². The van der Waals surface area contributed by atoms with Gasteiger partial charge < -0.3 is 0 Å². The molecule has 1 heterocycles. The predicted octanol–water partition coefficient (Wildman–Crippen LogP) is 3.37. The average Bonchev–Trinajstić information content (AvgIpc) is 2.61. The Morgan fingerprint density at radius 2 is 1.77 bits per heavy atom. The summed E-state index contributed by atoms with van der Waals surface area (Å²) in [5.74, 6) is 1.40. The van der Waals surface area contributed by atoms with Crippen LogP contribution in [0.5, 0.6) is 0 Å². The molecule has 0 aliphatic carbocycles. The molecule has 0 bridgehead atoms. The molecule has 13 heavy (non-hydrogen) atoms. The molecule has 0 aromatic rings. The van der Waals surface area contributed by atoms with Crippen LogP contribution in [-0.2, 0) is 0 Å².